The van der Waals surface area contributed by atoms with Crippen LogP contribution in [-0.2, 0) is 13.2 Å². The minimum atomic E-state index is -4.65. The van der Waals surface area contributed by atoms with Gasteiger partial charge in [0.25, 0.3) is 5.91 Å². The number of hydrogen-bond acceptors (Lipinski definition) is 3. The number of carbonyl (C=O) groups excluding carboxylic acids is 1. The number of aromatic nitrogens is 2. The van der Waals surface area contributed by atoms with E-state index in [1.54, 1.807) is 0 Å². The summed E-state index contributed by atoms with van der Waals surface area (Å²) in [5.74, 6) is -0.391. The third kappa shape index (κ3) is 3.06. The molecule has 96 valence electrons. The summed E-state index contributed by atoms with van der Waals surface area (Å²) < 4.78 is 38.2. The predicted molar refractivity (Wildman–Crippen MR) is 59.4 cm³/mol. The van der Waals surface area contributed by atoms with Crippen molar-refractivity contribution in [1.82, 2.24) is 15.1 Å². The van der Waals surface area contributed by atoms with E-state index in [0.717, 1.165) is 7.05 Å². The number of rotatable bonds is 3. The van der Waals surface area contributed by atoms with Crippen molar-refractivity contribution in [2.45, 2.75) is 6.18 Å². The van der Waals surface area contributed by atoms with Gasteiger partial charge in [-0.3, -0.25) is 9.48 Å². The lowest BCUT2D eigenvalue weighted by molar-refractivity contribution is -0.143. The average molecular weight is 288 g/mol. The topological polar surface area (TPSA) is 46.9 Å². The molecular formula is C8H9ClF3N3OS. The Labute approximate surface area is 106 Å². The molecule has 0 aliphatic rings. The number of carbonyl (C=O) groups is 1. The van der Waals surface area contributed by atoms with Crippen LogP contribution in [0.5, 0.6) is 0 Å². The number of hydrogen-bond donors (Lipinski definition) is 2. The van der Waals surface area contributed by atoms with Crippen molar-refractivity contribution in [3.05, 3.63) is 16.4 Å². The zero-order valence-corrected chi connectivity index (χ0v) is 10.3. The van der Waals surface area contributed by atoms with Crippen LogP contribution >= 0.6 is 24.2 Å². The molecule has 0 aliphatic heterocycles. The largest absolute Gasteiger partial charge is 0.434 e. The number of aryl methyl sites for hydroxylation is 1. The zero-order valence-electron chi connectivity index (χ0n) is 8.68. The third-order valence-corrected chi connectivity index (χ3v) is 2.45. The fourth-order valence-electron chi connectivity index (χ4n) is 1.20. The van der Waals surface area contributed by atoms with Crippen LogP contribution < -0.4 is 5.32 Å². The van der Waals surface area contributed by atoms with E-state index in [4.69, 9.17) is 11.6 Å². The van der Waals surface area contributed by atoms with Crippen LogP contribution in [0.25, 0.3) is 0 Å². The molecule has 9 heteroatoms. The Morgan fingerprint density at radius 2 is 2.18 bits per heavy atom. The summed E-state index contributed by atoms with van der Waals surface area (Å²) >= 11 is 9.36. The molecule has 0 spiro atoms. The Balaban J connectivity index is 3.09. The molecule has 0 saturated heterocycles. The monoisotopic (exact) mass is 287 g/mol. The quantitative estimate of drug-likeness (QED) is 0.832. The van der Waals surface area contributed by atoms with Crippen molar-refractivity contribution in [3.63, 3.8) is 0 Å². The molecule has 17 heavy (non-hydrogen) atoms. The fraction of sp³-hybridized carbons (Fsp3) is 0.500. The van der Waals surface area contributed by atoms with Crippen LogP contribution in [-0.4, -0.2) is 28.0 Å². The van der Waals surface area contributed by atoms with Crippen molar-refractivity contribution in [2.75, 3.05) is 12.3 Å². The van der Waals surface area contributed by atoms with E-state index in [-0.39, 0.29) is 6.54 Å². The number of nitrogens with one attached hydrogen (secondary N) is 1. The van der Waals surface area contributed by atoms with Crippen LogP contribution in [0, 0.1) is 0 Å². The maximum atomic E-state index is 12.5. The van der Waals surface area contributed by atoms with E-state index in [9.17, 15) is 18.0 Å². The molecule has 0 aliphatic carbocycles. The van der Waals surface area contributed by atoms with Gasteiger partial charge in [0.2, 0.25) is 0 Å². The summed E-state index contributed by atoms with van der Waals surface area (Å²) in [5.41, 5.74) is -1.58. The van der Waals surface area contributed by atoms with Gasteiger partial charge in [0, 0.05) is 19.3 Å². The van der Waals surface area contributed by atoms with Crippen molar-refractivity contribution < 1.29 is 18.0 Å². The molecule has 1 N–H and O–H groups in total. The van der Waals surface area contributed by atoms with Crippen molar-refractivity contribution in [2.24, 2.45) is 7.05 Å². The highest BCUT2D eigenvalue weighted by molar-refractivity contribution is 7.80. The van der Waals surface area contributed by atoms with Crippen molar-refractivity contribution in [3.8, 4) is 0 Å². The van der Waals surface area contributed by atoms with E-state index < -0.39 is 28.5 Å². The second kappa shape index (κ2) is 5.18. The SMILES string of the molecule is Cn1nc(C(=O)NCCS)c(Cl)c1C(F)(F)F. The van der Waals surface area contributed by atoms with Gasteiger partial charge in [-0.2, -0.15) is 30.9 Å². The molecule has 0 bridgehead atoms. The second-order valence-corrected chi connectivity index (χ2v) is 3.94. The maximum absolute atomic E-state index is 12.5. The lowest BCUT2D eigenvalue weighted by Gasteiger charge is -2.06. The second-order valence-electron chi connectivity index (χ2n) is 3.11. The van der Waals surface area contributed by atoms with Crippen molar-refractivity contribution >= 4 is 30.1 Å². The van der Waals surface area contributed by atoms with Gasteiger partial charge in [0.15, 0.2) is 11.4 Å². The summed E-state index contributed by atoms with van der Waals surface area (Å²) in [7, 11) is 1.07. The maximum Gasteiger partial charge on any atom is 0.434 e. The van der Waals surface area contributed by atoms with Gasteiger partial charge < -0.3 is 5.32 Å². The smallest absolute Gasteiger partial charge is 0.350 e. The van der Waals surface area contributed by atoms with Crippen molar-refractivity contribution in [1.29, 1.82) is 0 Å². The molecule has 1 heterocycles. The van der Waals surface area contributed by atoms with E-state index in [1.807, 2.05) is 0 Å². The van der Waals surface area contributed by atoms with Gasteiger partial charge in [-0.1, -0.05) is 11.6 Å². The van der Waals surface area contributed by atoms with Crippen LogP contribution in [0.1, 0.15) is 16.2 Å². The number of amides is 1. The standard InChI is InChI=1S/C8H9ClF3N3OS/c1-15-6(8(10,11)12)4(9)5(14-15)7(16)13-2-3-17/h17H,2-3H2,1H3,(H,13,16). The molecule has 4 nitrogen and oxygen atoms in total. The summed E-state index contributed by atoms with van der Waals surface area (Å²) in [6.45, 7) is 0.218. The van der Waals surface area contributed by atoms with Gasteiger partial charge in [0.05, 0.1) is 0 Å². The van der Waals surface area contributed by atoms with E-state index in [2.05, 4.69) is 23.0 Å². The molecule has 1 aromatic heterocycles. The predicted octanol–water partition coefficient (Wildman–Crippen LogP) is 1.75. The first-order valence-corrected chi connectivity index (χ1v) is 5.48. The Hall–Kier alpha value is -0.890. The van der Waals surface area contributed by atoms with E-state index in [0.29, 0.717) is 10.4 Å². The fourth-order valence-corrected chi connectivity index (χ4v) is 1.67. The molecule has 0 atom stereocenters. The minimum Gasteiger partial charge on any atom is -0.350 e. The molecule has 1 aromatic rings. The first-order valence-electron chi connectivity index (χ1n) is 4.47. The number of thiol groups is 1. The lowest BCUT2D eigenvalue weighted by atomic mass is 10.3. The number of halogens is 4. The molecule has 1 rings (SSSR count). The highest BCUT2D eigenvalue weighted by Crippen LogP contribution is 2.35. The van der Waals surface area contributed by atoms with Crippen LogP contribution in [0.15, 0.2) is 0 Å². The first-order chi connectivity index (χ1) is 7.79. The molecular weight excluding hydrogens is 279 g/mol. The zero-order chi connectivity index (χ0) is 13.2. The van der Waals surface area contributed by atoms with Gasteiger partial charge in [0.1, 0.15) is 5.02 Å². The van der Waals surface area contributed by atoms with Gasteiger partial charge in [-0.05, 0) is 0 Å². The third-order valence-electron chi connectivity index (χ3n) is 1.87. The normalized spacial score (nSPS) is 11.6. The summed E-state index contributed by atoms with van der Waals surface area (Å²) in [6, 6.07) is 0. The summed E-state index contributed by atoms with van der Waals surface area (Å²) in [4.78, 5) is 11.4. The Morgan fingerprint density at radius 3 is 2.59 bits per heavy atom. The van der Waals surface area contributed by atoms with Crippen LogP contribution in [0.3, 0.4) is 0 Å². The highest BCUT2D eigenvalue weighted by Gasteiger charge is 2.39. The highest BCUT2D eigenvalue weighted by atomic mass is 35.5. The lowest BCUT2D eigenvalue weighted by Crippen LogP contribution is -2.26. The Kier molecular flexibility index (Phi) is 4.31. The van der Waals surface area contributed by atoms with Crippen LogP contribution in [0.2, 0.25) is 5.02 Å². The molecule has 0 radical (unpaired) electrons. The van der Waals surface area contributed by atoms with Crippen LogP contribution in [0.4, 0.5) is 13.2 Å². The molecule has 0 aromatic carbocycles. The van der Waals surface area contributed by atoms with E-state index >= 15 is 0 Å². The summed E-state index contributed by atoms with van der Waals surface area (Å²) in [6.07, 6.45) is -4.65. The average Bonchev–Trinajstić information content (AvgIpc) is 2.49. The van der Waals surface area contributed by atoms with Gasteiger partial charge >= 0.3 is 6.18 Å². The molecule has 0 fully saturated rings. The molecule has 0 saturated carbocycles. The molecule has 0 unspecified atom stereocenters. The minimum absolute atomic E-state index is 0.218. The van der Waals surface area contributed by atoms with Gasteiger partial charge in [-0.25, -0.2) is 0 Å². The molecule has 1 amide bonds. The van der Waals surface area contributed by atoms with E-state index in [1.165, 1.54) is 0 Å². The first kappa shape index (κ1) is 14.2. The number of nitrogens with zero attached hydrogens (tertiary/aromatic N) is 2. The van der Waals surface area contributed by atoms with Gasteiger partial charge in [-0.15, -0.1) is 0 Å². The number of alkyl halides is 3. The Morgan fingerprint density at radius 1 is 1.59 bits per heavy atom. The summed E-state index contributed by atoms with van der Waals surface area (Å²) in [5, 5.41) is 5.10. The Bertz CT molecular complexity index is 432.